The summed E-state index contributed by atoms with van der Waals surface area (Å²) < 4.78 is 61.7. The van der Waals surface area contributed by atoms with Crippen molar-refractivity contribution in [2.75, 3.05) is 23.1 Å². The fraction of sp³-hybridized carbons (Fsp3) is 0.517. The van der Waals surface area contributed by atoms with E-state index in [0.717, 1.165) is 54.6 Å². The van der Waals surface area contributed by atoms with Crippen molar-refractivity contribution in [1.82, 2.24) is 4.90 Å². The van der Waals surface area contributed by atoms with Crippen LogP contribution in [0.1, 0.15) is 70.4 Å². The van der Waals surface area contributed by atoms with Gasteiger partial charge in [0, 0.05) is 30.5 Å². The minimum Gasteiger partial charge on any atom is -0.444 e. The minimum absolute atomic E-state index is 0.0785. The molecule has 1 saturated carbocycles. The largest absolute Gasteiger partial charge is 0.444 e. The molecule has 3 aliphatic rings. The van der Waals surface area contributed by atoms with E-state index in [0.29, 0.717) is 44.3 Å². The lowest BCUT2D eigenvalue weighted by molar-refractivity contribution is -0.123. The summed E-state index contributed by atoms with van der Waals surface area (Å²) in [6.07, 6.45) is 4.96. The van der Waals surface area contributed by atoms with Gasteiger partial charge >= 0.3 is 6.09 Å². The molecule has 2 N–H and O–H groups in total. The molecular weight excluding hydrogens is 540 g/mol. The monoisotopic (exact) mass is 575 g/mol. The first-order valence-corrected chi connectivity index (χ1v) is 15.2. The molecular formula is C29H35F2N3O5S. The zero-order valence-electron chi connectivity index (χ0n) is 23.0. The maximum Gasteiger partial charge on any atom is 0.410 e. The second kappa shape index (κ2) is 10.3. The maximum atomic E-state index is 14.3. The van der Waals surface area contributed by atoms with Crippen LogP contribution in [0.2, 0.25) is 0 Å². The number of nitrogens with one attached hydrogen (secondary N) is 2. The van der Waals surface area contributed by atoms with Gasteiger partial charge < -0.3 is 15.0 Å². The average Bonchev–Trinajstić information content (AvgIpc) is 3.13. The van der Waals surface area contributed by atoms with Crippen LogP contribution in [0.5, 0.6) is 0 Å². The Balaban J connectivity index is 1.35. The van der Waals surface area contributed by atoms with Gasteiger partial charge in [-0.2, -0.15) is 0 Å². The number of piperidine rings is 1. The van der Waals surface area contributed by atoms with Gasteiger partial charge in [0.1, 0.15) is 22.1 Å². The highest BCUT2D eigenvalue weighted by atomic mass is 32.2. The number of ether oxygens (including phenoxy) is 1. The summed E-state index contributed by atoms with van der Waals surface area (Å²) in [6.45, 7) is 6.72. The van der Waals surface area contributed by atoms with E-state index < -0.39 is 37.6 Å². The number of hydrogen-bond acceptors (Lipinski definition) is 5. The van der Waals surface area contributed by atoms with Crippen molar-refractivity contribution >= 4 is 33.4 Å². The number of carbonyl (C=O) groups excluding carboxylic acids is 2. The highest BCUT2D eigenvalue weighted by Gasteiger charge is 2.51. The number of amides is 2. The number of carbonyl (C=O) groups is 2. The van der Waals surface area contributed by atoms with Gasteiger partial charge in [-0.05, 0) is 101 Å². The van der Waals surface area contributed by atoms with Crippen molar-refractivity contribution in [3.05, 3.63) is 53.1 Å². The molecule has 0 bridgehead atoms. The lowest BCUT2D eigenvalue weighted by atomic mass is 9.65. The van der Waals surface area contributed by atoms with Crippen molar-refractivity contribution in [3.8, 4) is 0 Å². The van der Waals surface area contributed by atoms with Crippen molar-refractivity contribution in [2.24, 2.45) is 5.92 Å². The molecule has 0 aromatic heterocycles. The highest BCUT2D eigenvalue weighted by molar-refractivity contribution is 7.92. The van der Waals surface area contributed by atoms with Crippen LogP contribution in [0.3, 0.4) is 0 Å². The normalized spacial score (nSPS) is 18.7. The number of nitrogens with zero attached hydrogens (tertiary/aromatic N) is 1. The number of hydrogen-bond donors (Lipinski definition) is 2. The summed E-state index contributed by atoms with van der Waals surface area (Å²) in [6, 6.07) is 5.66. The van der Waals surface area contributed by atoms with Gasteiger partial charge in [-0.25, -0.2) is 22.0 Å². The third-order valence-corrected chi connectivity index (χ3v) is 9.55. The minimum atomic E-state index is -4.34. The molecule has 1 aliphatic carbocycles. The molecule has 2 aliphatic heterocycles. The van der Waals surface area contributed by atoms with Gasteiger partial charge in [0.2, 0.25) is 5.91 Å². The van der Waals surface area contributed by atoms with Gasteiger partial charge in [0.25, 0.3) is 10.0 Å². The molecule has 2 amide bonds. The number of benzene rings is 2. The summed E-state index contributed by atoms with van der Waals surface area (Å²) in [5.74, 6) is -1.79. The molecule has 0 atom stereocenters. The summed E-state index contributed by atoms with van der Waals surface area (Å²) in [4.78, 5) is 26.5. The Morgan fingerprint density at radius 2 is 1.85 bits per heavy atom. The van der Waals surface area contributed by atoms with E-state index >= 15 is 0 Å². The zero-order valence-corrected chi connectivity index (χ0v) is 23.8. The van der Waals surface area contributed by atoms with E-state index in [4.69, 9.17) is 4.74 Å². The second-order valence-electron chi connectivity index (χ2n) is 12.1. The van der Waals surface area contributed by atoms with Crippen molar-refractivity contribution in [3.63, 3.8) is 0 Å². The number of sulfonamides is 1. The first-order chi connectivity index (χ1) is 18.8. The number of anilines is 2. The third-order valence-electron chi connectivity index (χ3n) is 8.14. The molecule has 2 fully saturated rings. The smallest absolute Gasteiger partial charge is 0.410 e. The Bertz CT molecular complexity index is 1440. The first-order valence-electron chi connectivity index (χ1n) is 13.7. The van der Waals surface area contributed by atoms with Crippen LogP contribution in [0.15, 0.2) is 35.2 Å². The van der Waals surface area contributed by atoms with E-state index in [9.17, 15) is 26.8 Å². The van der Waals surface area contributed by atoms with Crippen LogP contribution in [0, 0.1) is 17.6 Å². The number of halogens is 2. The molecule has 2 aromatic rings. The Hall–Kier alpha value is -3.21. The van der Waals surface area contributed by atoms with Crippen LogP contribution in [0.4, 0.5) is 25.0 Å². The molecule has 40 heavy (non-hydrogen) atoms. The van der Waals surface area contributed by atoms with Gasteiger partial charge in [-0.1, -0.05) is 6.42 Å². The Morgan fingerprint density at radius 3 is 2.45 bits per heavy atom. The number of likely N-dealkylation sites (tertiary alicyclic amines) is 1. The fourth-order valence-corrected chi connectivity index (χ4v) is 6.96. The van der Waals surface area contributed by atoms with Crippen LogP contribution in [0.25, 0.3) is 0 Å². The molecule has 5 rings (SSSR count). The third kappa shape index (κ3) is 5.53. The highest BCUT2D eigenvalue weighted by Crippen LogP contribution is 2.53. The van der Waals surface area contributed by atoms with E-state index in [1.54, 1.807) is 17.0 Å². The molecule has 11 heteroatoms. The summed E-state index contributed by atoms with van der Waals surface area (Å²) >= 11 is 0. The summed E-state index contributed by atoms with van der Waals surface area (Å²) in [5, 5.41) is 3.04. The van der Waals surface area contributed by atoms with Gasteiger partial charge in [-0.15, -0.1) is 0 Å². The fourth-order valence-electron chi connectivity index (χ4n) is 5.86. The Morgan fingerprint density at radius 1 is 1.15 bits per heavy atom. The lowest BCUT2D eigenvalue weighted by Gasteiger charge is -2.36. The topological polar surface area (TPSA) is 105 Å². The van der Waals surface area contributed by atoms with Gasteiger partial charge in [0.15, 0.2) is 0 Å². The van der Waals surface area contributed by atoms with Gasteiger partial charge in [0.05, 0.1) is 5.41 Å². The van der Waals surface area contributed by atoms with E-state index in [-0.39, 0.29) is 17.7 Å². The van der Waals surface area contributed by atoms with Crippen molar-refractivity contribution in [2.45, 2.75) is 81.6 Å². The SMILES string of the molecule is CC(C)(C)OC(=O)N1CCC(CCc2cc(NS(=O)(=O)c3ccc(F)cc3F)cc3c2NC(=O)C32CCC2)CC1. The molecule has 1 saturated heterocycles. The standard InChI is InChI=1S/C29H35F2N3O5S/c1-28(2,3)39-27(36)34-13-9-18(10-14-34)5-6-19-15-21(17-22-25(19)32-26(35)29(22)11-4-12-29)33-40(37,38)24-8-7-20(30)16-23(24)31/h7-8,15-18,33H,4-6,9-14H2,1-3H3,(H,32,35). The molecule has 2 heterocycles. The van der Waals surface area contributed by atoms with Crippen LogP contribution >= 0.6 is 0 Å². The first kappa shape index (κ1) is 28.3. The quantitative estimate of drug-likeness (QED) is 0.459. The molecule has 8 nitrogen and oxygen atoms in total. The molecule has 0 unspecified atom stereocenters. The van der Waals surface area contributed by atoms with Crippen LogP contribution in [-0.4, -0.2) is 44.0 Å². The molecule has 216 valence electrons. The molecule has 1 spiro atoms. The zero-order chi connectivity index (χ0) is 28.9. The molecule has 2 aromatic carbocycles. The summed E-state index contributed by atoms with van der Waals surface area (Å²) in [5.41, 5.74) is 1.31. The Labute approximate surface area is 233 Å². The second-order valence-corrected chi connectivity index (χ2v) is 13.7. The van der Waals surface area contributed by atoms with Crippen molar-refractivity contribution < 1.29 is 31.5 Å². The lowest BCUT2D eigenvalue weighted by Crippen LogP contribution is -2.41. The van der Waals surface area contributed by atoms with Gasteiger partial charge in [-0.3, -0.25) is 9.52 Å². The number of fused-ring (bicyclic) bond motifs is 2. The van der Waals surface area contributed by atoms with Crippen LogP contribution < -0.4 is 10.0 Å². The van der Waals surface area contributed by atoms with E-state index in [1.165, 1.54) is 0 Å². The van der Waals surface area contributed by atoms with Crippen LogP contribution in [-0.2, 0) is 31.4 Å². The predicted octanol–water partition coefficient (Wildman–Crippen LogP) is 5.72. The van der Waals surface area contributed by atoms with Crippen molar-refractivity contribution in [1.29, 1.82) is 0 Å². The van der Waals surface area contributed by atoms with E-state index in [1.807, 2.05) is 20.8 Å². The predicted molar refractivity (Wildman–Crippen MR) is 147 cm³/mol. The maximum absolute atomic E-state index is 14.3. The molecule has 0 radical (unpaired) electrons. The Kier molecular flexibility index (Phi) is 7.31. The number of aryl methyl sites for hydroxylation is 1. The summed E-state index contributed by atoms with van der Waals surface area (Å²) in [7, 11) is -4.34. The number of rotatable bonds is 6. The van der Waals surface area contributed by atoms with E-state index in [2.05, 4.69) is 10.0 Å². The average molecular weight is 576 g/mol.